The number of rotatable bonds is 3. The second kappa shape index (κ2) is 5.51. The molecule has 0 bridgehead atoms. The zero-order valence-corrected chi connectivity index (χ0v) is 12.2. The number of hydrogen-bond acceptors (Lipinski definition) is 4. The van der Waals surface area contributed by atoms with E-state index in [1.54, 1.807) is 0 Å². The minimum absolute atomic E-state index is 0.0766. The molecule has 1 aliphatic heterocycles. The van der Waals surface area contributed by atoms with Crippen molar-refractivity contribution in [2.24, 2.45) is 12.1 Å². The highest BCUT2D eigenvalue weighted by Crippen LogP contribution is 2.35. The Kier molecular flexibility index (Phi) is 4.18. The van der Waals surface area contributed by atoms with Crippen LogP contribution in [0.4, 0.5) is 17.6 Å². The molecular weight excluding hydrogens is 332 g/mol. The van der Waals surface area contributed by atoms with Crippen LogP contribution in [-0.4, -0.2) is 50.1 Å². The van der Waals surface area contributed by atoms with Gasteiger partial charge in [-0.05, 0) is 6.92 Å². The van der Waals surface area contributed by atoms with Gasteiger partial charge in [0.2, 0.25) is 5.72 Å². The maximum atomic E-state index is 13.1. The van der Waals surface area contributed by atoms with Crippen molar-refractivity contribution in [1.29, 1.82) is 0 Å². The van der Waals surface area contributed by atoms with E-state index in [2.05, 4.69) is 10.2 Å². The molecule has 1 amide bonds. The van der Waals surface area contributed by atoms with E-state index >= 15 is 0 Å². The van der Waals surface area contributed by atoms with E-state index in [4.69, 9.17) is 11.6 Å². The molecular formula is C11H11ClF4N4O2. The summed E-state index contributed by atoms with van der Waals surface area (Å²) >= 11 is 5.86. The van der Waals surface area contributed by atoms with Crippen LogP contribution in [0, 0.1) is 6.92 Å². The maximum absolute atomic E-state index is 13.1. The molecule has 22 heavy (non-hydrogen) atoms. The molecule has 0 fully saturated rings. The van der Waals surface area contributed by atoms with Crippen molar-refractivity contribution < 1.29 is 27.5 Å². The smallest absolute Gasteiger partial charge is 0.298 e. The molecule has 2 rings (SSSR count). The lowest BCUT2D eigenvalue weighted by Gasteiger charge is -2.29. The highest BCUT2D eigenvalue weighted by atomic mass is 35.5. The van der Waals surface area contributed by atoms with Gasteiger partial charge in [-0.15, -0.1) is 0 Å². The number of aromatic nitrogens is 2. The lowest BCUT2D eigenvalue weighted by Crippen LogP contribution is -2.51. The molecule has 0 radical (unpaired) electrons. The first-order valence-electron chi connectivity index (χ1n) is 5.99. The van der Waals surface area contributed by atoms with Gasteiger partial charge in [0.1, 0.15) is 5.71 Å². The molecule has 0 saturated carbocycles. The SMILES string of the molecule is Cc1c(Cl)c(C(=O)N2N=C(C(F)F)C[C@]2(O)C(F)F)nn1C. The number of hydrogen-bond donors (Lipinski definition) is 1. The second-order valence-electron chi connectivity index (χ2n) is 4.74. The van der Waals surface area contributed by atoms with E-state index in [0.29, 0.717) is 5.69 Å². The quantitative estimate of drug-likeness (QED) is 0.852. The van der Waals surface area contributed by atoms with Gasteiger partial charge in [-0.3, -0.25) is 9.48 Å². The van der Waals surface area contributed by atoms with Crippen LogP contribution in [-0.2, 0) is 7.05 Å². The number of aliphatic hydroxyl groups is 1. The lowest BCUT2D eigenvalue weighted by atomic mass is 10.1. The minimum Gasteiger partial charge on any atom is -0.364 e. The van der Waals surface area contributed by atoms with Gasteiger partial charge in [-0.25, -0.2) is 17.6 Å². The highest BCUT2D eigenvalue weighted by Gasteiger charge is 2.54. The number of hydrazone groups is 1. The van der Waals surface area contributed by atoms with Crippen LogP contribution in [0.3, 0.4) is 0 Å². The molecule has 11 heteroatoms. The van der Waals surface area contributed by atoms with Crippen LogP contribution in [0.2, 0.25) is 5.02 Å². The molecule has 1 aromatic heterocycles. The summed E-state index contributed by atoms with van der Waals surface area (Å²) in [5.41, 5.74) is -4.26. The molecule has 1 atom stereocenters. The Morgan fingerprint density at radius 2 is 2.00 bits per heavy atom. The third-order valence-electron chi connectivity index (χ3n) is 3.29. The van der Waals surface area contributed by atoms with Gasteiger partial charge in [0, 0.05) is 13.5 Å². The standard InChI is InChI=1S/C11H11ClF4N4O2/c1-4-6(12)7(18-19(4)2)9(21)20-11(22,10(15)16)3-5(17-20)8(13)14/h8,10,22H,3H2,1-2H3/t11-/m0/s1. The van der Waals surface area contributed by atoms with Gasteiger partial charge in [0.15, 0.2) is 5.69 Å². The lowest BCUT2D eigenvalue weighted by molar-refractivity contribution is -0.164. The summed E-state index contributed by atoms with van der Waals surface area (Å²) in [7, 11) is 1.45. The zero-order valence-electron chi connectivity index (χ0n) is 11.4. The van der Waals surface area contributed by atoms with Crippen molar-refractivity contribution in [2.75, 3.05) is 0 Å². The molecule has 122 valence electrons. The van der Waals surface area contributed by atoms with Crippen LogP contribution in [0.1, 0.15) is 22.6 Å². The molecule has 0 saturated heterocycles. The average Bonchev–Trinajstić information content (AvgIpc) is 2.92. The van der Waals surface area contributed by atoms with Gasteiger partial charge < -0.3 is 5.11 Å². The number of alkyl halides is 4. The molecule has 0 unspecified atom stereocenters. The summed E-state index contributed by atoms with van der Waals surface area (Å²) < 4.78 is 52.6. The molecule has 1 aliphatic rings. The van der Waals surface area contributed by atoms with Gasteiger partial charge in [-0.1, -0.05) is 11.6 Å². The normalized spacial score (nSPS) is 21.9. The molecule has 2 heterocycles. The zero-order chi connectivity index (χ0) is 16.8. The molecule has 0 aliphatic carbocycles. The first-order valence-corrected chi connectivity index (χ1v) is 6.37. The number of aryl methyl sites for hydroxylation is 1. The van der Waals surface area contributed by atoms with E-state index < -0.39 is 42.3 Å². The first-order chi connectivity index (χ1) is 10.1. The summed E-state index contributed by atoms with van der Waals surface area (Å²) in [5, 5.41) is 16.5. The van der Waals surface area contributed by atoms with E-state index in [1.807, 2.05) is 0 Å². The van der Waals surface area contributed by atoms with E-state index in [1.165, 1.54) is 18.7 Å². The fourth-order valence-electron chi connectivity index (χ4n) is 1.92. The first kappa shape index (κ1) is 16.7. The summed E-state index contributed by atoms with van der Waals surface area (Å²) in [6.45, 7) is 1.52. The third kappa shape index (κ3) is 2.45. The molecule has 6 nitrogen and oxygen atoms in total. The van der Waals surface area contributed by atoms with Crippen LogP contribution in [0.25, 0.3) is 0 Å². The van der Waals surface area contributed by atoms with Gasteiger partial charge in [0.05, 0.1) is 10.7 Å². The topological polar surface area (TPSA) is 70.7 Å². The summed E-state index contributed by atoms with van der Waals surface area (Å²) in [4.78, 5) is 12.2. The van der Waals surface area contributed by atoms with E-state index in [9.17, 15) is 27.5 Å². The Balaban J connectivity index is 2.47. The predicted octanol–water partition coefficient (Wildman–Crippen LogP) is 1.80. The van der Waals surface area contributed by atoms with E-state index in [0.717, 1.165) is 0 Å². The Labute approximate surface area is 126 Å². The van der Waals surface area contributed by atoms with Crippen molar-refractivity contribution in [2.45, 2.75) is 31.9 Å². The Bertz CT molecular complexity index is 648. The predicted molar refractivity (Wildman–Crippen MR) is 68.1 cm³/mol. The fraction of sp³-hybridized carbons (Fsp3) is 0.545. The van der Waals surface area contributed by atoms with Crippen LogP contribution >= 0.6 is 11.6 Å². The monoisotopic (exact) mass is 342 g/mol. The Hall–Kier alpha value is -1.68. The molecule has 1 aromatic rings. The van der Waals surface area contributed by atoms with Crippen molar-refractivity contribution in [1.82, 2.24) is 14.8 Å². The Morgan fingerprint density at radius 1 is 1.41 bits per heavy atom. The van der Waals surface area contributed by atoms with E-state index in [-0.39, 0.29) is 10.0 Å². The number of carbonyl (C=O) groups excluding carboxylic acids is 1. The molecule has 1 N–H and O–H groups in total. The summed E-state index contributed by atoms with van der Waals surface area (Å²) in [6.07, 6.45) is -7.83. The minimum atomic E-state index is -3.50. The fourth-order valence-corrected chi connectivity index (χ4v) is 2.16. The van der Waals surface area contributed by atoms with Crippen molar-refractivity contribution >= 4 is 23.2 Å². The number of nitrogens with zero attached hydrogens (tertiary/aromatic N) is 4. The molecule has 0 aromatic carbocycles. The van der Waals surface area contributed by atoms with Gasteiger partial charge >= 0.3 is 0 Å². The van der Waals surface area contributed by atoms with Crippen molar-refractivity contribution in [3.05, 3.63) is 16.4 Å². The Morgan fingerprint density at radius 3 is 2.41 bits per heavy atom. The molecule has 0 spiro atoms. The van der Waals surface area contributed by atoms with Crippen LogP contribution in [0.5, 0.6) is 0 Å². The summed E-state index contributed by atoms with van der Waals surface area (Å²) in [6, 6.07) is 0. The van der Waals surface area contributed by atoms with Crippen molar-refractivity contribution in [3.8, 4) is 0 Å². The maximum Gasteiger partial charge on any atom is 0.298 e. The van der Waals surface area contributed by atoms with Gasteiger partial charge in [0.25, 0.3) is 18.8 Å². The van der Waals surface area contributed by atoms with Crippen LogP contribution < -0.4 is 0 Å². The third-order valence-corrected chi connectivity index (χ3v) is 3.75. The van der Waals surface area contributed by atoms with Gasteiger partial charge in [-0.2, -0.15) is 15.2 Å². The largest absolute Gasteiger partial charge is 0.364 e. The number of carbonyl (C=O) groups is 1. The second-order valence-corrected chi connectivity index (χ2v) is 5.11. The van der Waals surface area contributed by atoms with Crippen LogP contribution in [0.15, 0.2) is 5.10 Å². The van der Waals surface area contributed by atoms with Crippen molar-refractivity contribution in [3.63, 3.8) is 0 Å². The number of amides is 1. The summed E-state index contributed by atoms with van der Waals surface area (Å²) in [5.74, 6) is -1.29. The number of halogens is 5. The average molecular weight is 343 g/mol. The highest BCUT2D eigenvalue weighted by molar-refractivity contribution is 6.34.